The number of nitrogens with one attached hydrogen (secondary N) is 2. The highest BCUT2D eigenvalue weighted by Crippen LogP contribution is 2.28. The van der Waals surface area contributed by atoms with Gasteiger partial charge in [-0.05, 0) is 62.4 Å². The molecule has 0 amide bonds. The molecule has 192 valence electrons. The van der Waals surface area contributed by atoms with Crippen LogP contribution in [-0.4, -0.2) is 61.0 Å². The van der Waals surface area contributed by atoms with Crippen molar-refractivity contribution in [3.8, 4) is 0 Å². The molecule has 4 aromatic heterocycles. The van der Waals surface area contributed by atoms with Crippen molar-refractivity contribution in [2.75, 3.05) is 16.9 Å². The molecule has 13 heteroatoms. The molecule has 4 aromatic rings. The van der Waals surface area contributed by atoms with Gasteiger partial charge in [0.25, 0.3) is 10.1 Å². The molecule has 1 aliphatic carbocycles. The molecule has 1 saturated carbocycles. The number of aryl methyl sites for hydroxylation is 1. The van der Waals surface area contributed by atoms with E-state index in [9.17, 15) is 13.5 Å². The third-order valence-corrected chi connectivity index (χ3v) is 6.51. The second-order valence-electron chi connectivity index (χ2n) is 8.70. The van der Waals surface area contributed by atoms with E-state index in [2.05, 4.69) is 42.3 Å². The van der Waals surface area contributed by atoms with E-state index in [1.165, 1.54) is 11.3 Å². The second-order valence-corrected chi connectivity index (χ2v) is 11.1. The summed E-state index contributed by atoms with van der Waals surface area (Å²) in [7, 11) is -3.67. The molecule has 0 aromatic carbocycles. The first kappa shape index (κ1) is 25.9. The Morgan fingerprint density at radius 3 is 2.50 bits per heavy atom. The summed E-state index contributed by atoms with van der Waals surface area (Å²) in [5.74, 6) is 2.55. The summed E-state index contributed by atoms with van der Waals surface area (Å²) < 4.78 is 28.0. The number of anilines is 3. The minimum Gasteiger partial charge on any atom is -0.393 e. The molecule has 0 radical (unpaired) electrons. The van der Waals surface area contributed by atoms with Gasteiger partial charge < -0.3 is 20.3 Å². The number of aromatic nitrogens is 5. The molecule has 5 rings (SSSR count). The van der Waals surface area contributed by atoms with Gasteiger partial charge in [0.15, 0.2) is 5.13 Å². The van der Waals surface area contributed by atoms with Crippen molar-refractivity contribution in [2.24, 2.45) is 0 Å². The molecule has 36 heavy (non-hydrogen) atoms. The molecule has 0 spiro atoms. The van der Waals surface area contributed by atoms with Crippen LogP contribution < -0.4 is 10.6 Å². The minimum atomic E-state index is -3.67. The molecule has 11 nitrogen and oxygen atoms in total. The van der Waals surface area contributed by atoms with E-state index >= 15 is 0 Å². The maximum absolute atomic E-state index is 9.80. The predicted molar refractivity (Wildman–Crippen MR) is 140 cm³/mol. The summed E-state index contributed by atoms with van der Waals surface area (Å²) in [6.07, 6.45) is 9.66. The normalized spacial score (nSPS) is 17.9. The summed E-state index contributed by atoms with van der Waals surface area (Å²) in [5.41, 5.74) is 2.00. The Morgan fingerprint density at radius 2 is 1.83 bits per heavy atom. The monoisotopic (exact) mass is 531 g/mol. The zero-order valence-corrected chi connectivity index (χ0v) is 21.6. The quantitative estimate of drug-likeness (QED) is 0.271. The van der Waals surface area contributed by atoms with Crippen LogP contribution in [0.2, 0.25) is 0 Å². The number of fused-ring (bicyclic) bond motifs is 1. The van der Waals surface area contributed by atoms with E-state index in [1.807, 2.05) is 31.5 Å². The fraction of sp³-hybridized carbons (Fsp3) is 0.391. The van der Waals surface area contributed by atoms with Crippen LogP contribution in [-0.2, 0) is 16.7 Å². The van der Waals surface area contributed by atoms with Gasteiger partial charge in [-0.3, -0.25) is 4.55 Å². The lowest BCUT2D eigenvalue weighted by Crippen LogP contribution is -2.28. The van der Waals surface area contributed by atoms with Crippen molar-refractivity contribution in [1.82, 2.24) is 24.5 Å². The first-order valence-corrected chi connectivity index (χ1v) is 14.1. The molecule has 0 saturated heterocycles. The third-order valence-electron chi connectivity index (χ3n) is 5.61. The van der Waals surface area contributed by atoms with Crippen LogP contribution in [0.4, 0.5) is 16.8 Å². The molecule has 1 fully saturated rings. The fourth-order valence-electron chi connectivity index (χ4n) is 3.95. The van der Waals surface area contributed by atoms with Gasteiger partial charge in [-0.15, -0.1) is 0 Å². The molecule has 0 unspecified atom stereocenters. The first-order chi connectivity index (χ1) is 17.1. The third kappa shape index (κ3) is 7.68. The topological polar surface area (TPSA) is 155 Å². The zero-order chi connectivity index (χ0) is 25.7. The Morgan fingerprint density at radius 1 is 1.11 bits per heavy atom. The van der Waals surface area contributed by atoms with Gasteiger partial charge in [-0.2, -0.15) is 8.42 Å². The van der Waals surface area contributed by atoms with Crippen LogP contribution >= 0.6 is 11.3 Å². The summed E-state index contributed by atoms with van der Waals surface area (Å²) in [5, 5.41) is 17.5. The van der Waals surface area contributed by atoms with Crippen molar-refractivity contribution in [1.29, 1.82) is 0 Å². The molecule has 0 atom stereocenters. The van der Waals surface area contributed by atoms with E-state index in [4.69, 9.17) is 9.54 Å². The molecule has 1 aliphatic rings. The minimum absolute atomic E-state index is 0.175. The number of imidazole rings is 1. The van der Waals surface area contributed by atoms with E-state index in [1.54, 1.807) is 6.20 Å². The largest absolute Gasteiger partial charge is 0.393 e. The van der Waals surface area contributed by atoms with Gasteiger partial charge in [0.2, 0.25) is 0 Å². The van der Waals surface area contributed by atoms with Crippen LogP contribution in [0.15, 0.2) is 42.9 Å². The number of nitrogens with zero attached hydrogens (tertiary/aromatic N) is 5. The summed E-state index contributed by atoms with van der Waals surface area (Å²) in [6.45, 7) is 2.71. The number of thiazole rings is 1. The van der Waals surface area contributed by atoms with Crippen molar-refractivity contribution in [3.05, 3.63) is 54.2 Å². The van der Waals surface area contributed by atoms with Gasteiger partial charge in [-0.25, -0.2) is 19.9 Å². The highest BCUT2D eigenvalue weighted by atomic mass is 32.2. The fourth-order valence-corrected chi connectivity index (χ4v) is 4.76. The van der Waals surface area contributed by atoms with Crippen LogP contribution in [0.5, 0.6) is 0 Å². The van der Waals surface area contributed by atoms with Crippen molar-refractivity contribution < 1.29 is 18.1 Å². The first-order valence-electron chi connectivity index (χ1n) is 11.5. The predicted octanol–water partition coefficient (Wildman–Crippen LogP) is 3.60. The van der Waals surface area contributed by atoms with Crippen LogP contribution in [0, 0.1) is 6.92 Å². The maximum atomic E-state index is 9.80. The lowest BCUT2D eigenvalue weighted by Gasteiger charge is -2.27. The Bertz CT molecular complexity index is 1370. The highest BCUT2D eigenvalue weighted by molar-refractivity contribution is 7.85. The molecular formula is C23H29N7O4S2. The Balaban J connectivity index is 0.000000556. The second kappa shape index (κ2) is 11.3. The van der Waals surface area contributed by atoms with Gasteiger partial charge >= 0.3 is 0 Å². The summed E-state index contributed by atoms with van der Waals surface area (Å²) >= 11 is 1.51. The number of hydrogen-bond acceptors (Lipinski definition) is 10. The van der Waals surface area contributed by atoms with Crippen LogP contribution in [0.3, 0.4) is 0 Å². The highest BCUT2D eigenvalue weighted by Gasteiger charge is 2.20. The van der Waals surface area contributed by atoms with Crippen LogP contribution in [0.25, 0.3) is 10.3 Å². The number of aliphatic hydroxyl groups excluding tert-OH is 1. The average Bonchev–Trinajstić information content (AvgIpc) is 3.39. The van der Waals surface area contributed by atoms with Gasteiger partial charge in [0.1, 0.15) is 27.8 Å². The van der Waals surface area contributed by atoms with E-state index in [0.29, 0.717) is 18.8 Å². The summed E-state index contributed by atoms with van der Waals surface area (Å²) in [4.78, 5) is 19.0. The number of pyridine rings is 2. The summed E-state index contributed by atoms with van der Waals surface area (Å²) in [6, 6.07) is 8.31. The standard InChI is InChI=1S/C22H25N7OS.CH4O3S/c1-14-23-9-10-29(14)13-15-11-19(25-16-4-6-17(30)7-5-16)27-20(12-15)28-22-26-18-3-2-8-24-21(18)31-22;1-5(2,3)4/h2-3,8-12,16-17,30H,4-7,13H2,1H3,(H2,25,26,27,28);1H3,(H,2,3,4)/t16-,17-;. The van der Waals surface area contributed by atoms with E-state index in [-0.39, 0.29) is 6.10 Å². The number of rotatable bonds is 6. The number of hydrogen-bond donors (Lipinski definition) is 4. The van der Waals surface area contributed by atoms with Gasteiger partial charge in [-0.1, -0.05) is 11.3 Å². The molecular weight excluding hydrogens is 502 g/mol. The zero-order valence-electron chi connectivity index (χ0n) is 20.0. The van der Waals surface area contributed by atoms with Crippen molar-refractivity contribution in [2.45, 2.75) is 51.3 Å². The van der Waals surface area contributed by atoms with E-state index < -0.39 is 10.1 Å². The average molecular weight is 532 g/mol. The molecule has 0 bridgehead atoms. The molecule has 4 N–H and O–H groups in total. The lowest BCUT2D eigenvalue weighted by atomic mass is 9.93. The number of aliphatic hydroxyl groups is 1. The Labute approximate surface area is 213 Å². The van der Waals surface area contributed by atoms with Crippen molar-refractivity contribution in [3.63, 3.8) is 0 Å². The maximum Gasteiger partial charge on any atom is 0.261 e. The van der Waals surface area contributed by atoms with E-state index in [0.717, 1.165) is 64.2 Å². The molecule has 0 aliphatic heterocycles. The molecule has 4 heterocycles. The van der Waals surface area contributed by atoms with Crippen molar-refractivity contribution >= 4 is 48.6 Å². The SMILES string of the molecule is CS(=O)(=O)O.Cc1nccn1Cc1cc(Nc2nc3cccnc3s2)nc(N[C@H]2CC[C@H](O)CC2)c1. The Hall–Kier alpha value is -3.13. The van der Waals surface area contributed by atoms with Crippen LogP contribution in [0.1, 0.15) is 37.1 Å². The Kier molecular flexibility index (Phi) is 8.14. The smallest absolute Gasteiger partial charge is 0.261 e. The van der Waals surface area contributed by atoms with Gasteiger partial charge in [0.05, 0.1) is 12.4 Å². The lowest BCUT2D eigenvalue weighted by molar-refractivity contribution is 0.126. The van der Waals surface area contributed by atoms with Gasteiger partial charge in [0, 0.05) is 31.2 Å².